The Morgan fingerprint density at radius 2 is 1.51 bits per heavy atom. The van der Waals surface area contributed by atoms with Gasteiger partial charge in [0.15, 0.2) is 9.84 Å². The third-order valence-corrected chi connectivity index (χ3v) is 9.93. The first-order chi connectivity index (χ1) is 18.4. The van der Waals surface area contributed by atoms with E-state index in [1.165, 1.54) is 36.4 Å². The minimum Gasteiger partial charge on any atom is -0.481 e. The molecule has 0 saturated carbocycles. The van der Waals surface area contributed by atoms with E-state index in [2.05, 4.69) is 37.2 Å². The number of benzene rings is 3. The van der Waals surface area contributed by atoms with Crippen molar-refractivity contribution in [2.75, 3.05) is 11.6 Å². The van der Waals surface area contributed by atoms with Crippen LogP contribution in [0.4, 0.5) is 5.69 Å². The quantitative estimate of drug-likeness (QED) is 0.377. The van der Waals surface area contributed by atoms with Crippen LogP contribution in [0.15, 0.2) is 80.6 Å². The minimum absolute atomic E-state index is 0.0295. The number of ketones is 2. The number of carbonyl (C=O) groups is 4. The van der Waals surface area contributed by atoms with Crippen molar-refractivity contribution in [3.05, 3.63) is 92.4 Å². The second-order valence-electron chi connectivity index (χ2n) is 9.28. The predicted molar refractivity (Wildman–Crippen MR) is 146 cm³/mol. The van der Waals surface area contributed by atoms with E-state index in [0.717, 1.165) is 6.26 Å². The van der Waals surface area contributed by atoms with Crippen molar-refractivity contribution in [1.29, 1.82) is 0 Å². The fraction of sp³-hybridized carbons (Fsp3) is 0.185. The molecule has 2 aliphatic rings. The van der Waals surface area contributed by atoms with Crippen molar-refractivity contribution in [3.63, 3.8) is 0 Å². The number of carbonyl (C=O) groups excluding carboxylic acids is 3. The number of sulfone groups is 1. The molecule has 1 amide bonds. The van der Waals surface area contributed by atoms with E-state index in [4.69, 9.17) is 4.74 Å². The second kappa shape index (κ2) is 9.77. The molecule has 1 spiro atoms. The fourth-order valence-corrected chi connectivity index (χ4v) is 6.41. The first-order valence-electron chi connectivity index (χ1n) is 11.5. The summed E-state index contributed by atoms with van der Waals surface area (Å²) in [5, 5.41) is 13.0. The number of anilines is 1. The van der Waals surface area contributed by atoms with Crippen molar-refractivity contribution in [1.82, 2.24) is 0 Å². The molecule has 1 aliphatic heterocycles. The van der Waals surface area contributed by atoms with Gasteiger partial charge in [-0.15, -0.1) is 0 Å². The van der Waals surface area contributed by atoms with Gasteiger partial charge < -0.3 is 15.2 Å². The summed E-state index contributed by atoms with van der Waals surface area (Å²) in [5.41, 5.74) is -1.82. The molecule has 12 heteroatoms. The molecule has 5 rings (SSSR count). The number of hydrogen-bond acceptors (Lipinski definition) is 7. The summed E-state index contributed by atoms with van der Waals surface area (Å²) in [5.74, 6) is -7.35. The van der Waals surface area contributed by atoms with E-state index >= 15 is 0 Å². The number of carboxylic acid groups (broad SMARTS) is 1. The van der Waals surface area contributed by atoms with Crippen molar-refractivity contribution >= 4 is 70.8 Å². The smallest absolute Gasteiger partial charge is 0.311 e. The first kappa shape index (κ1) is 27.4. The van der Waals surface area contributed by atoms with Gasteiger partial charge in [0.25, 0.3) is 0 Å². The molecule has 0 radical (unpaired) electrons. The van der Waals surface area contributed by atoms with Gasteiger partial charge >= 0.3 is 5.97 Å². The molecule has 39 heavy (non-hydrogen) atoms. The van der Waals surface area contributed by atoms with Crippen LogP contribution >= 0.6 is 31.9 Å². The van der Waals surface area contributed by atoms with E-state index in [9.17, 15) is 32.7 Å². The Balaban J connectivity index is 1.62. The number of hydrogen-bond donors (Lipinski definition) is 2. The van der Waals surface area contributed by atoms with Crippen LogP contribution in [-0.2, 0) is 24.2 Å². The topological polar surface area (TPSA) is 144 Å². The molecular weight excluding hydrogens is 658 g/mol. The van der Waals surface area contributed by atoms with Crippen LogP contribution in [0.3, 0.4) is 0 Å². The Hall–Kier alpha value is -3.19. The largest absolute Gasteiger partial charge is 0.481 e. The number of nitrogens with one attached hydrogen (secondary N) is 1. The Morgan fingerprint density at radius 3 is 2.03 bits per heavy atom. The molecular formula is C27H19Br2NO8S. The van der Waals surface area contributed by atoms with Crippen molar-refractivity contribution in [2.24, 2.45) is 11.8 Å². The lowest BCUT2D eigenvalue weighted by Crippen LogP contribution is -2.52. The molecule has 200 valence electrons. The fourth-order valence-electron chi connectivity index (χ4n) is 5.14. The summed E-state index contributed by atoms with van der Waals surface area (Å²) in [4.78, 5) is 53.9. The van der Waals surface area contributed by atoms with Gasteiger partial charge in [0.2, 0.25) is 23.1 Å². The number of rotatable bonds is 5. The predicted octanol–water partition coefficient (Wildman–Crippen LogP) is 4.46. The third kappa shape index (κ3) is 4.45. The van der Waals surface area contributed by atoms with E-state index in [1.54, 1.807) is 30.3 Å². The van der Waals surface area contributed by atoms with E-state index in [1.807, 2.05) is 0 Å². The van der Waals surface area contributed by atoms with Crippen LogP contribution in [0.5, 0.6) is 0 Å². The van der Waals surface area contributed by atoms with Gasteiger partial charge in [0.05, 0.1) is 16.9 Å². The van der Waals surface area contributed by atoms with Crippen molar-refractivity contribution in [3.8, 4) is 0 Å². The van der Waals surface area contributed by atoms with Gasteiger partial charge in [-0.3, -0.25) is 19.2 Å². The van der Waals surface area contributed by atoms with E-state index in [-0.39, 0.29) is 21.7 Å². The zero-order chi connectivity index (χ0) is 28.3. The summed E-state index contributed by atoms with van der Waals surface area (Å²) in [6, 6.07) is 16.2. The van der Waals surface area contributed by atoms with E-state index < -0.39 is 56.8 Å². The van der Waals surface area contributed by atoms with Gasteiger partial charge in [-0.1, -0.05) is 30.3 Å². The summed E-state index contributed by atoms with van der Waals surface area (Å²) >= 11 is 6.76. The molecule has 3 aromatic rings. The Morgan fingerprint density at radius 1 is 0.923 bits per heavy atom. The highest BCUT2D eigenvalue weighted by atomic mass is 79.9. The number of aliphatic carboxylic acids is 1. The summed E-state index contributed by atoms with van der Waals surface area (Å²) in [6.45, 7) is 0. The average molecular weight is 677 g/mol. The summed E-state index contributed by atoms with van der Waals surface area (Å²) < 4.78 is 31.0. The Bertz CT molecular complexity index is 1630. The SMILES string of the molecule is CS(=O)(=O)c1ccc(NC(=O)C2C(c3ccc(Br)c(Br)c3)OC3(C(=O)c4ccccc4C3=O)C2C(=O)O)cc1. The van der Waals surface area contributed by atoms with Crippen molar-refractivity contribution < 1.29 is 37.4 Å². The maximum atomic E-state index is 13.8. The standard InChI is InChI=1S/C27H19Br2NO8S/c1-39(36,37)15-9-7-14(8-10-15)30-25(33)20-21(26(34)35)27(23(31)16-4-2-3-5-17(16)24(27)32)38-22(20)13-6-11-18(28)19(29)12-13/h2-12,20-22H,1H3,(H,30,33)(H,34,35). The molecule has 1 heterocycles. The van der Waals surface area contributed by atoms with Crippen LogP contribution in [-0.4, -0.2) is 48.8 Å². The minimum atomic E-state index is -3.48. The van der Waals surface area contributed by atoms with Crippen LogP contribution in [0.2, 0.25) is 0 Å². The molecule has 0 aromatic heterocycles. The normalized spacial score (nSPS) is 21.7. The number of Topliss-reactive ketones (excluding diaryl/α,β-unsaturated/α-hetero) is 2. The lowest BCUT2D eigenvalue weighted by atomic mass is 9.75. The zero-order valence-electron chi connectivity index (χ0n) is 20.1. The average Bonchev–Trinajstić information content (AvgIpc) is 3.36. The highest BCUT2D eigenvalue weighted by Gasteiger charge is 2.71. The van der Waals surface area contributed by atoms with Gasteiger partial charge in [-0.05, 0) is 73.8 Å². The number of ether oxygens (including phenoxy) is 1. The van der Waals surface area contributed by atoms with E-state index in [0.29, 0.717) is 14.5 Å². The Kier molecular flexibility index (Phi) is 6.86. The molecule has 0 bridgehead atoms. The molecule has 1 fully saturated rings. The molecule has 9 nitrogen and oxygen atoms in total. The maximum Gasteiger partial charge on any atom is 0.311 e. The Labute approximate surface area is 239 Å². The van der Waals surface area contributed by atoms with Gasteiger partial charge in [0, 0.05) is 32.0 Å². The highest BCUT2D eigenvalue weighted by Crippen LogP contribution is 2.54. The lowest BCUT2D eigenvalue weighted by Gasteiger charge is -2.25. The van der Waals surface area contributed by atoms with Crippen LogP contribution in [0, 0.1) is 11.8 Å². The number of amides is 1. The van der Waals surface area contributed by atoms with Gasteiger partial charge in [-0.25, -0.2) is 8.42 Å². The number of carboxylic acids is 1. The number of fused-ring (bicyclic) bond motifs is 1. The van der Waals surface area contributed by atoms with Crippen LogP contribution < -0.4 is 5.32 Å². The number of halogens is 2. The molecule has 1 aliphatic carbocycles. The molecule has 1 saturated heterocycles. The van der Waals surface area contributed by atoms with Crippen molar-refractivity contribution in [2.45, 2.75) is 16.6 Å². The first-order valence-corrected chi connectivity index (χ1v) is 15.0. The third-order valence-electron chi connectivity index (χ3n) is 6.92. The van der Waals surface area contributed by atoms with Crippen LogP contribution in [0.1, 0.15) is 32.4 Å². The zero-order valence-corrected chi connectivity index (χ0v) is 24.0. The molecule has 3 unspecified atom stereocenters. The second-order valence-corrected chi connectivity index (χ2v) is 13.0. The lowest BCUT2D eigenvalue weighted by molar-refractivity contribution is -0.147. The maximum absolute atomic E-state index is 13.8. The van der Waals surface area contributed by atoms with Gasteiger partial charge in [-0.2, -0.15) is 0 Å². The van der Waals surface area contributed by atoms with Gasteiger partial charge in [0.1, 0.15) is 5.92 Å². The molecule has 3 atom stereocenters. The summed E-state index contributed by atoms with van der Waals surface area (Å²) in [7, 11) is -3.48. The highest BCUT2D eigenvalue weighted by molar-refractivity contribution is 9.13. The van der Waals surface area contributed by atoms with Crippen LogP contribution in [0.25, 0.3) is 0 Å². The monoisotopic (exact) mass is 675 g/mol. The summed E-state index contributed by atoms with van der Waals surface area (Å²) in [6.07, 6.45) is -0.241. The molecule has 2 N–H and O–H groups in total. The molecule has 3 aromatic carbocycles.